The standard InChI is InChI=1S/C48H56N8O7S/c1-47(58)17-12-31(13-18-47)26-50-45-42(56(59)60)25-37(28-52-45)64(61,62)53-46(57)40-11-10-35(24-43(40)63-36-23-33-16-21-49-44(33)51-27-36)54-29-48(30-54)19-14-34(15-20-48)55-22-4-7-41(55)39-6-3-2-5-38(39)32-8-9-32/h2-3,5-6,10-11,16,21,23-25,27-28,31-32,34,41,58H,4,7-9,12-15,17-20,22,26,29-30H2,1H3,(H,49,51)(H,50,52)(H,53,57)/t31?,41-,47?/m0/s1. The molecule has 16 heteroatoms. The molecule has 2 aliphatic heterocycles. The van der Waals surface area contributed by atoms with Gasteiger partial charge in [0.2, 0.25) is 5.82 Å². The number of likely N-dealkylation sites (tertiary alicyclic amines) is 1. The lowest BCUT2D eigenvalue weighted by Gasteiger charge is -2.55. The number of hydrogen-bond acceptors (Lipinski definition) is 12. The van der Waals surface area contributed by atoms with E-state index in [4.69, 9.17) is 4.74 Å². The summed E-state index contributed by atoms with van der Waals surface area (Å²) < 4.78 is 35.8. The van der Waals surface area contributed by atoms with Crippen molar-refractivity contribution in [3.05, 3.63) is 106 Å². The molecule has 5 heterocycles. The number of amides is 1. The highest BCUT2D eigenvalue weighted by Gasteiger charge is 2.47. The van der Waals surface area contributed by atoms with Crippen LogP contribution in [0.1, 0.15) is 117 Å². The first-order valence-electron chi connectivity index (χ1n) is 22.8. The minimum Gasteiger partial charge on any atom is -0.455 e. The van der Waals surface area contributed by atoms with Crippen LogP contribution in [0.15, 0.2) is 84.1 Å². The van der Waals surface area contributed by atoms with Crippen molar-refractivity contribution in [2.24, 2.45) is 11.3 Å². The Balaban J connectivity index is 0.832. The molecule has 0 bridgehead atoms. The van der Waals surface area contributed by atoms with Gasteiger partial charge in [-0.2, -0.15) is 0 Å². The molecule has 4 N–H and O–H groups in total. The molecular formula is C48H56N8O7S. The van der Waals surface area contributed by atoms with Crippen LogP contribution in [0.3, 0.4) is 0 Å². The maximum atomic E-state index is 13.9. The summed E-state index contributed by atoms with van der Waals surface area (Å²) in [5, 5.41) is 26.2. The molecule has 3 aliphatic carbocycles. The molecule has 0 radical (unpaired) electrons. The minimum absolute atomic E-state index is 0.0344. The number of ether oxygens (including phenoxy) is 1. The first-order chi connectivity index (χ1) is 30.8. The fraction of sp³-hybridized carbons (Fsp3) is 0.479. The van der Waals surface area contributed by atoms with E-state index in [2.05, 4.69) is 59.1 Å². The summed E-state index contributed by atoms with van der Waals surface area (Å²) >= 11 is 0. The van der Waals surface area contributed by atoms with Crippen molar-refractivity contribution in [3.63, 3.8) is 0 Å². The molecule has 1 atom stereocenters. The number of fused-ring (bicyclic) bond motifs is 1. The zero-order valence-electron chi connectivity index (χ0n) is 36.2. The summed E-state index contributed by atoms with van der Waals surface area (Å²) in [5.74, 6) is 0.381. The third kappa shape index (κ3) is 8.66. The van der Waals surface area contributed by atoms with Gasteiger partial charge in [-0.25, -0.2) is 23.1 Å². The number of rotatable bonds is 13. The first-order valence-corrected chi connectivity index (χ1v) is 24.3. The number of benzene rings is 2. The Morgan fingerprint density at radius 3 is 2.47 bits per heavy atom. The molecule has 15 nitrogen and oxygen atoms in total. The Hall–Kier alpha value is -5.58. The number of aromatic amines is 1. The topological polar surface area (TPSA) is 196 Å². The average molecular weight is 889 g/mol. The zero-order valence-corrected chi connectivity index (χ0v) is 37.0. The van der Waals surface area contributed by atoms with Gasteiger partial charge in [0.15, 0.2) is 0 Å². The maximum Gasteiger partial charge on any atom is 0.312 e. The van der Waals surface area contributed by atoms with E-state index in [0.29, 0.717) is 42.9 Å². The minimum atomic E-state index is -4.62. The van der Waals surface area contributed by atoms with Gasteiger partial charge in [-0.1, -0.05) is 24.3 Å². The molecule has 2 aromatic carbocycles. The van der Waals surface area contributed by atoms with E-state index in [9.17, 15) is 28.4 Å². The summed E-state index contributed by atoms with van der Waals surface area (Å²) in [6, 6.07) is 19.9. The van der Waals surface area contributed by atoms with E-state index in [0.717, 1.165) is 74.6 Å². The van der Waals surface area contributed by atoms with Gasteiger partial charge in [-0.05, 0) is 138 Å². The van der Waals surface area contributed by atoms with Crippen LogP contribution in [0.2, 0.25) is 0 Å². The van der Waals surface area contributed by atoms with E-state index in [1.807, 2.05) is 12.1 Å². The van der Waals surface area contributed by atoms with E-state index in [-0.39, 0.29) is 28.5 Å². The summed E-state index contributed by atoms with van der Waals surface area (Å²) in [4.78, 5) is 41.5. The summed E-state index contributed by atoms with van der Waals surface area (Å²) in [7, 11) is -4.62. The fourth-order valence-corrected chi connectivity index (χ4v) is 11.8. The van der Waals surface area contributed by atoms with Gasteiger partial charge in [0.1, 0.15) is 22.0 Å². The quantitative estimate of drug-likeness (QED) is 0.0650. The molecule has 5 aliphatic rings. The van der Waals surface area contributed by atoms with E-state index >= 15 is 0 Å². The number of H-pyrrole nitrogens is 1. The predicted molar refractivity (Wildman–Crippen MR) is 243 cm³/mol. The second kappa shape index (κ2) is 16.8. The number of sulfonamides is 1. The van der Waals surface area contributed by atoms with Crippen molar-refractivity contribution < 1.29 is 28.0 Å². The Bertz CT molecular complexity index is 2670. The van der Waals surface area contributed by atoms with E-state index in [1.54, 1.807) is 42.4 Å². The zero-order chi connectivity index (χ0) is 44.2. The van der Waals surface area contributed by atoms with Crippen LogP contribution in [0.4, 0.5) is 17.2 Å². The molecule has 1 spiro atoms. The molecule has 2 saturated heterocycles. The van der Waals surface area contributed by atoms with Gasteiger partial charge >= 0.3 is 5.69 Å². The van der Waals surface area contributed by atoms with Crippen LogP contribution in [0, 0.1) is 21.4 Å². The SMILES string of the molecule is CC1(O)CCC(CNc2ncc(S(=O)(=O)NC(=O)c3ccc(N4CC5(CCC(N6CCC[C@H]6c6ccccc6C6CC6)CC5)C4)cc3Oc3cnc4[nH]ccc4c3)cc2[N+](=O)[O-])CC1. The largest absolute Gasteiger partial charge is 0.455 e. The normalized spacial score (nSPS) is 23.8. The Morgan fingerprint density at radius 1 is 0.953 bits per heavy atom. The number of carbonyl (C=O) groups is 1. The number of carbonyl (C=O) groups excluding carboxylic acids is 1. The maximum absolute atomic E-state index is 13.9. The number of nitro groups is 1. The molecule has 1 amide bonds. The van der Waals surface area contributed by atoms with Gasteiger partial charge < -0.3 is 25.0 Å². The predicted octanol–water partition coefficient (Wildman–Crippen LogP) is 8.59. The monoisotopic (exact) mass is 888 g/mol. The number of aliphatic hydroxyl groups is 1. The van der Waals surface area contributed by atoms with Gasteiger partial charge in [0, 0.05) is 66.5 Å². The fourth-order valence-electron chi connectivity index (χ4n) is 10.9. The number of nitrogens with zero attached hydrogens (tertiary/aromatic N) is 5. The van der Waals surface area contributed by atoms with Crippen LogP contribution in [0.25, 0.3) is 11.0 Å². The Kier molecular flexibility index (Phi) is 11.1. The van der Waals surface area contributed by atoms with Crippen LogP contribution >= 0.6 is 0 Å². The van der Waals surface area contributed by atoms with Crippen molar-refractivity contribution in [3.8, 4) is 11.5 Å². The molecule has 3 saturated carbocycles. The average Bonchev–Trinajstić information content (AvgIpc) is 3.81. The van der Waals surface area contributed by atoms with Crippen molar-refractivity contribution in [2.75, 3.05) is 36.4 Å². The van der Waals surface area contributed by atoms with Crippen LogP contribution < -0.4 is 19.7 Å². The second-order valence-electron chi connectivity index (χ2n) is 19.3. The lowest BCUT2D eigenvalue weighted by Crippen LogP contribution is -2.59. The molecule has 10 rings (SSSR count). The third-order valence-electron chi connectivity index (χ3n) is 14.7. The van der Waals surface area contributed by atoms with Crippen molar-refractivity contribution >= 4 is 44.2 Å². The molecule has 3 aromatic heterocycles. The molecule has 64 heavy (non-hydrogen) atoms. The smallest absolute Gasteiger partial charge is 0.312 e. The van der Waals surface area contributed by atoms with Gasteiger partial charge in [-0.3, -0.25) is 19.8 Å². The summed E-state index contributed by atoms with van der Waals surface area (Å²) in [6.07, 6.45) is 16.8. The third-order valence-corrected chi connectivity index (χ3v) is 16.0. The molecule has 5 aromatic rings. The van der Waals surface area contributed by atoms with Gasteiger partial charge in [0.25, 0.3) is 15.9 Å². The second-order valence-corrected chi connectivity index (χ2v) is 21.0. The molecular weight excluding hydrogens is 833 g/mol. The van der Waals surface area contributed by atoms with Crippen LogP contribution in [0.5, 0.6) is 11.5 Å². The number of nitrogens with one attached hydrogen (secondary N) is 3. The number of hydrogen-bond donors (Lipinski definition) is 4. The van der Waals surface area contributed by atoms with Crippen molar-refractivity contribution in [1.29, 1.82) is 0 Å². The lowest BCUT2D eigenvalue weighted by atomic mass is 9.67. The van der Waals surface area contributed by atoms with E-state index in [1.165, 1.54) is 44.7 Å². The Morgan fingerprint density at radius 2 is 1.72 bits per heavy atom. The number of pyridine rings is 2. The number of anilines is 2. The molecule has 336 valence electrons. The van der Waals surface area contributed by atoms with Crippen LogP contribution in [-0.4, -0.2) is 82.0 Å². The van der Waals surface area contributed by atoms with Crippen molar-refractivity contribution in [2.45, 2.75) is 112 Å². The van der Waals surface area contributed by atoms with Gasteiger partial charge in [0.05, 0.1) is 28.5 Å². The Labute approximate surface area is 373 Å². The number of aromatic nitrogens is 3. The highest BCUT2D eigenvalue weighted by Crippen LogP contribution is 2.51. The highest BCUT2D eigenvalue weighted by atomic mass is 32.2. The first kappa shape index (κ1) is 42.4. The highest BCUT2D eigenvalue weighted by molar-refractivity contribution is 7.90. The van der Waals surface area contributed by atoms with Crippen LogP contribution in [-0.2, 0) is 10.0 Å². The molecule has 5 fully saturated rings. The van der Waals surface area contributed by atoms with Crippen molar-refractivity contribution in [1.82, 2.24) is 24.6 Å². The summed E-state index contributed by atoms with van der Waals surface area (Å²) in [6.45, 7) is 5.10. The van der Waals surface area contributed by atoms with Gasteiger partial charge in [-0.15, -0.1) is 0 Å². The molecule has 0 unspecified atom stereocenters. The lowest BCUT2D eigenvalue weighted by molar-refractivity contribution is -0.384. The summed E-state index contributed by atoms with van der Waals surface area (Å²) in [5.41, 5.74) is 3.58. The van der Waals surface area contributed by atoms with E-state index < -0.39 is 37.0 Å².